The van der Waals surface area contributed by atoms with Crippen molar-refractivity contribution in [3.63, 3.8) is 0 Å². The molecule has 0 heterocycles. The van der Waals surface area contributed by atoms with Crippen LogP contribution in [0.1, 0.15) is 27.7 Å². The van der Waals surface area contributed by atoms with Gasteiger partial charge in [0.1, 0.15) is 0 Å². The van der Waals surface area contributed by atoms with Crippen molar-refractivity contribution in [2.24, 2.45) is 0 Å². The Morgan fingerprint density at radius 2 is 1.40 bits per heavy atom. The number of quaternary nitrogens is 1. The van der Waals surface area contributed by atoms with Crippen molar-refractivity contribution >= 4 is 7.32 Å². The number of nitrogens with zero attached hydrogens (tertiary/aromatic N) is 2. The first-order valence-corrected chi connectivity index (χ1v) is 5.27. The maximum Gasteiger partial charge on any atom is 0.717 e. The molecule has 0 aromatic rings. The highest BCUT2D eigenvalue weighted by Gasteiger charge is 2.16. The molecule has 0 aliphatic heterocycles. The quantitative estimate of drug-likeness (QED) is 0.395. The molecule has 0 amide bonds. The lowest BCUT2D eigenvalue weighted by Gasteiger charge is -2.34. The normalized spacial score (nSPS) is 9.67. The third-order valence-corrected chi connectivity index (χ3v) is 2.84. The van der Waals surface area contributed by atoms with Gasteiger partial charge in [-0.25, -0.2) is 0 Å². The summed E-state index contributed by atoms with van der Waals surface area (Å²) in [6, 6.07) is 0. The van der Waals surface area contributed by atoms with Gasteiger partial charge in [-0.1, -0.05) is 0 Å². The first-order chi connectivity index (χ1) is 7.01. The lowest BCUT2D eigenvalue weighted by atomic mass is 10.3. The summed E-state index contributed by atoms with van der Waals surface area (Å²) in [5.41, 5.74) is 0. The molecule has 15 heavy (non-hydrogen) atoms. The Morgan fingerprint density at radius 3 is 1.40 bits per heavy atom. The summed E-state index contributed by atoms with van der Waals surface area (Å²) in [4.78, 5) is 0. The molecule has 0 spiro atoms. The van der Waals surface area contributed by atoms with Crippen LogP contribution in [0.25, 0.3) is 0 Å². The lowest BCUT2D eigenvalue weighted by Crippen LogP contribution is -2.47. The van der Waals surface area contributed by atoms with Crippen molar-refractivity contribution in [2.75, 3.05) is 26.2 Å². The standard InChI is InChI=1S/C8H20N.CH2BNO3/c1-5-9(6-2,7-3)8-4;3-1-6-2(4)5/h5-8H2,1-4H3;4-5H/q+1;. The highest BCUT2D eigenvalue weighted by atomic mass is 16.6. The molecule has 0 aliphatic rings. The van der Waals surface area contributed by atoms with E-state index in [2.05, 4.69) is 32.3 Å². The average molecular weight is 217 g/mol. The van der Waals surface area contributed by atoms with Crippen LogP contribution in [0.3, 0.4) is 0 Å². The first kappa shape index (κ1) is 16.7. The van der Waals surface area contributed by atoms with Crippen LogP contribution in [-0.4, -0.2) is 48.0 Å². The minimum absolute atomic E-state index is 1.07. The molecule has 5 nitrogen and oxygen atoms in total. The first-order valence-electron chi connectivity index (χ1n) is 5.27. The summed E-state index contributed by atoms with van der Waals surface area (Å²) in [5, 5.41) is 22.8. The van der Waals surface area contributed by atoms with Gasteiger partial charge >= 0.3 is 7.32 Å². The Labute approximate surface area is 92.7 Å². The summed E-state index contributed by atoms with van der Waals surface area (Å²) in [6.45, 7) is 14.2. The number of rotatable bonds is 5. The van der Waals surface area contributed by atoms with Crippen LogP contribution in [0, 0.1) is 11.5 Å². The van der Waals surface area contributed by atoms with Gasteiger partial charge in [-0.15, -0.1) is 0 Å². The van der Waals surface area contributed by atoms with E-state index in [1.807, 2.05) is 0 Å². The summed E-state index contributed by atoms with van der Waals surface area (Å²) in [6.07, 6.45) is 1.07. The predicted octanol–water partition coefficient (Wildman–Crippen LogP) is 0.336. The van der Waals surface area contributed by atoms with Crippen molar-refractivity contribution in [1.29, 1.82) is 5.26 Å². The van der Waals surface area contributed by atoms with E-state index in [0.29, 0.717) is 0 Å². The fraction of sp³-hybridized carbons (Fsp3) is 0.889. The molecule has 0 radical (unpaired) electrons. The molecule has 0 aromatic heterocycles. The Morgan fingerprint density at radius 1 is 1.07 bits per heavy atom. The average Bonchev–Trinajstić information content (AvgIpc) is 2.23. The zero-order valence-electron chi connectivity index (χ0n) is 10.1. The third-order valence-electron chi connectivity index (χ3n) is 2.84. The van der Waals surface area contributed by atoms with Crippen LogP contribution in [0.5, 0.6) is 0 Å². The molecule has 0 bridgehead atoms. The van der Waals surface area contributed by atoms with Crippen LogP contribution < -0.4 is 0 Å². The van der Waals surface area contributed by atoms with E-state index in [-0.39, 0.29) is 0 Å². The Kier molecular flexibility index (Phi) is 10.9. The Hall–Kier alpha value is -0.765. The maximum absolute atomic E-state index is 7.66. The fourth-order valence-electron chi connectivity index (χ4n) is 1.39. The highest BCUT2D eigenvalue weighted by Crippen LogP contribution is 2.03. The zero-order chi connectivity index (χ0) is 12.3. The molecule has 0 aromatic carbocycles. The molecule has 0 fully saturated rings. The maximum atomic E-state index is 7.66. The van der Waals surface area contributed by atoms with Crippen LogP contribution in [0.15, 0.2) is 0 Å². The van der Waals surface area contributed by atoms with E-state index in [9.17, 15) is 0 Å². The molecular formula is C9H22BN2O3+. The van der Waals surface area contributed by atoms with Gasteiger partial charge in [-0.3, -0.25) is 0 Å². The van der Waals surface area contributed by atoms with Gasteiger partial charge in [0, 0.05) is 0 Å². The van der Waals surface area contributed by atoms with Crippen molar-refractivity contribution in [2.45, 2.75) is 27.7 Å². The number of hydrogen-bond donors (Lipinski definition) is 2. The molecular weight excluding hydrogens is 195 g/mol. The fourth-order valence-corrected chi connectivity index (χ4v) is 1.39. The summed E-state index contributed by atoms with van der Waals surface area (Å²) < 4.78 is 4.74. The van der Waals surface area contributed by atoms with E-state index in [4.69, 9.17) is 15.3 Å². The van der Waals surface area contributed by atoms with E-state index >= 15 is 0 Å². The summed E-state index contributed by atoms with van der Waals surface area (Å²) in [7, 11) is -1.96. The largest absolute Gasteiger partial charge is 0.717 e. The molecule has 2 N–H and O–H groups in total. The zero-order valence-corrected chi connectivity index (χ0v) is 10.1. The highest BCUT2D eigenvalue weighted by molar-refractivity contribution is 6.33. The second-order valence-electron chi connectivity index (χ2n) is 3.14. The molecule has 0 rings (SSSR count). The molecule has 0 unspecified atom stereocenters. The van der Waals surface area contributed by atoms with Crippen molar-refractivity contribution < 1.29 is 19.2 Å². The summed E-state index contributed by atoms with van der Waals surface area (Å²) in [5.74, 6) is 0. The van der Waals surface area contributed by atoms with Gasteiger partial charge in [0.15, 0.2) is 0 Å². The predicted molar refractivity (Wildman–Crippen MR) is 59.3 cm³/mol. The number of hydrogen-bond acceptors (Lipinski definition) is 4. The van der Waals surface area contributed by atoms with E-state index in [0.717, 1.165) is 6.26 Å². The molecule has 0 saturated carbocycles. The van der Waals surface area contributed by atoms with E-state index in [1.54, 1.807) is 0 Å². The number of nitriles is 1. The Bertz CT molecular complexity index is 161. The van der Waals surface area contributed by atoms with Gasteiger partial charge in [0.25, 0.3) is 6.26 Å². The topological polar surface area (TPSA) is 73.5 Å². The van der Waals surface area contributed by atoms with Crippen LogP contribution >= 0.6 is 0 Å². The van der Waals surface area contributed by atoms with Crippen LogP contribution in [-0.2, 0) is 4.65 Å². The van der Waals surface area contributed by atoms with Gasteiger partial charge in [0.05, 0.1) is 26.2 Å². The minimum Gasteiger partial charge on any atom is -0.442 e. The van der Waals surface area contributed by atoms with Crippen LogP contribution in [0.2, 0.25) is 0 Å². The van der Waals surface area contributed by atoms with Gasteiger partial charge < -0.3 is 19.2 Å². The van der Waals surface area contributed by atoms with Crippen molar-refractivity contribution in [3.8, 4) is 6.26 Å². The van der Waals surface area contributed by atoms with E-state index < -0.39 is 7.32 Å². The SMILES string of the molecule is CC[N+](CC)(CC)CC.N#COB(O)O. The molecule has 6 heteroatoms. The van der Waals surface area contributed by atoms with Gasteiger partial charge in [0.2, 0.25) is 0 Å². The third kappa shape index (κ3) is 8.24. The van der Waals surface area contributed by atoms with Gasteiger partial charge in [-0.05, 0) is 27.7 Å². The molecule has 88 valence electrons. The monoisotopic (exact) mass is 217 g/mol. The van der Waals surface area contributed by atoms with Gasteiger partial charge in [-0.2, -0.15) is 5.26 Å². The van der Waals surface area contributed by atoms with Crippen molar-refractivity contribution in [3.05, 3.63) is 0 Å². The molecule has 0 aliphatic carbocycles. The summed E-state index contributed by atoms with van der Waals surface area (Å²) >= 11 is 0. The second kappa shape index (κ2) is 9.78. The lowest BCUT2D eigenvalue weighted by molar-refractivity contribution is -0.921. The van der Waals surface area contributed by atoms with Crippen molar-refractivity contribution in [1.82, 2.24) is 0 Å². The van der Waals surface area contributed by atoms with E-state index in [1.165, 1.54) is 30.7 Å². The molecule has 0 saturated heterocycles. The Balaban J connectivity index is 0. The minimum atomic E-state index is -1.96. The second-order valence-corrected chi connectivity index (χ2v) is 3.14. The van der Waals surface area contributed by atoms with Crippen LogP contribution in [0.4, 0.5) is 0 Å². The smallest absolute Gasteiger partial charge is 0.442 e. The molecule has 0 atom stereocenters.